The number of rotatable bonds is 8. The van der Waals surface area contributed by atoms with Gasteiger partial charge in [0.25, 0.3) is 0 Å². The fraction of sp³-hybridized carbons (Fsp3) is 0.833. The van der Waals surface area contributed by atoms with Gasteiger partial charge < -0.3 is 10.4 Å². The number of nitrogens with one attached hydrogen (secondary N) is 1. The first-order chi connectivity index (χ1) is 7.82. The standard InChI is InChI=1S/C12H24N2O3/c1-9(2)7-14(10(3)4)8-11(15)13-6-5-12(16)17/h9-10H,5-8H2,1-4H3,(H,13,15)(H,16,17). The Bertz CT molecular complexity index is 252. The van der Waals surface area contributed by atoms with E-state index in [1.807, 2.05) is 13.8 Å². The molecule has 0 radical (unpaired) electrons. The molecule has 0 heterocycles. The zero-order chi connectivity index (χ0) is 13.4. The lowest BCUT2D eigenvalue weighted by Crippen LogP contribution is -2.42. The number of amides is 1. The van der Waals surface area contributed by atoms with Crippen molar-refractivity contribution < 1.29 is 14.7 Å². The van der Waals surface area contributed by atoms with Crippen molar-refractivity contribution in [2.24, 2.45) is 5.92 Å². The highest BCUT2D eigenvalue weighted by atomic mass is 16.4. The molecule has 0 saturated heterocycles. The summed E-state index contributed by atoms with van der Waals surface area (Å²) in [5.41, 5.74) is 0. The molecule has 0 fully saturated rings. The van der Waals surface area contributed by atoms with Crippen LogP contribution in [0.3, 0.4) is 0 Å². The molecule has 17 heavy (non-hydrogen) atoms. The monoisotopic (exact) mass is 244 g/mol. The van der Waals surface area contributed by atoms with Crippen molar-refractivity contribution in [1.29, 1.82) is 0 Å². The molecule has 5 heteroatoms. The minimum atomic E-state index is -0.895. The zero-order valence-corrected chi connectivity index (χ0v) is 11.2. The molecule has 0 bridgehead atoms. The normalized spacial score (nSPS) is 11.2. The van der Waals surface area contributed by atoms with Crippen LogP contribution in [0.4, 0.5) is 0 Å². The Labute approximate surface area is 103 Å². The van der Waals surface area contributed by atoms with Gasteiger partial charge in [0.05, 0.1) is 13.0 Å². The molecule has 0 rings (SSSR count). The first-order valence-electron chi connectivity index (χ1n) is 6.05. The zero-order valence-electron chi connectivity index (χ0n) is 11.2. The molecule has 0 aromatic carbocycles. The van der Waals surface area contributed by atoms with Crippen molar-refractivity contribution in [3.8, 4) is 0 Å². The van der Waals surface area contributed by atoms with E-state index < -0.39 is 5.97 Å². The second kappa shape index (κ2) is 8.06. The number of hydrogen-bond acceptors (Lipinski definition) is 3. The van der Waals surface area contributed by atoms with E-state index in [0.717, 1.165) is 6.54 Å². The summed E-state index contributed by atoms with van der Waals surface area (Å²) < 4.78 is 0. The lowest BCUT2D eigenvalue weighted by molar-refractivity contribution is -0.136. The highest BCUT2D eigenvalue weighted by Crippen LogP contribution is 2.03. The van der Waals surface area contributed by atoms with Crippen LogP contribution in [0, 0.1) is 5.92 Å². The van der Waals surface area contributed by atoms with Gasteiger partial charge in [-0.2, -0.15) is 0 Å². The molecule has 2 N–H and O–H groups in total. The molecular weight excluding hydrogens is 220 g/mol. The lowest BCUT2D eigenvalue weighted by atomic mass is 10.2. The summed E-state index contributed by atoms with van der Waals surface area (Å²) in [6.07, 6.45) is -0.0302. The summed E-state index contributed by atoms with van der Waals surface area (Å²) in [6.45, 7) is 9.70. The Kier molecular flexibility index (Phi) is 7.54. The van der Waals surface area contributed by atoms with Crippen molar-refractivity contribution in [1.82, 2.24) is 10.2 Å². The smallest absolute Gasteiger partial charge is 0.305 e. The summed E-state index contributed by atoms with van der Waals surface area (Å²) >= 11 is 0. The van der Waals surface area contributed by atoms with Gasteiger partial charge in [0, 0.05) is 19.1 Å². The Hall–Kier alpha value is -1.10. The molecule has 0 aromatic heterocycles. The van der Waals surface area contributed by atoms with Crippen LogP contribution in [0.5, 0.6) is 0 Å². The highest BCUT2D eigenvalue weighted by molar-refractivity contribution is 5.78. The van der Waals surface area contributed by atoms with Crippen molar-refractivity contribution in [2.45, 2.75) is 40.2 Å². The van der Waals surface area contributed by atoms with Crippen LogP contribution in [-0.2, 0) is 9.59 Å². The summed E-state index contributed by atoms with van der Waals surface area (Å²) in [6, 6.07) is 0.308. The van der Waals surface area contributed by atoms with Gasteiger partial charge in [-0.1, -0.05) is 13.8 Å². The number of hydrogen-bond donors (Lipinski definition) is 2. The maximum atomic E-state index is 11.6. The third-order valence-corrected chi connectivity index (χ3v) is 2.34. The van der Waals surface area contributed by atoms with Crippen molar-refractivity contribution in [2.75, 3.05) is 19.6 Å². The molecular formula is C12H24N2O3. The Morgan fingerprint density at radius 1 is 1.24 bits per heavy atom. The minimum Gasteiger partial charge on any atom is -0.481 e. The molecule has 0 aromatic rings. The van der Waals surface area contributed by atoms with Crippen molar-refractivity contribution in [3.05, 3.63) is 0 Å². The minimum absolute atomic E-state index is 0.0302. The van der Waals surface area contributed by atoms with Gasteiger partial charge in [0.1, 0.15) is 0 Å². The van der Waals surface area contributed by atoms with Crippen LogP contribution in [0.2, 0.25) is 0 Å². The van der Waals surface area contributed by atoms with Gasteiger partial charge in [-0.05, 0) is 19.8 Å². The van der Waals surface area contributed by atoms with Crippen LogP contribution in [0.25, 0.3) is 0 Å². The van der Waals surface area contributed by atoms with Crippen molar-refractivity contribution >= 4 is 11.9 Å². The van der Waals surface area contributed by atoms with E-state index in [0.29, 0.717) is 18.5 Å². The Balaban J connectivity index is 3.99. The summed E-state index contributed by atoms with van der Waals surface area (Å²) in [7, 11) is 0. The summed E-state index contributed by atoms with van der Waals surface area (Å²) in [4.78, 5) is 24.0. The average molecular weight is 244 g/mol. The van der Waals surface area contributed by atoms with Crippen LogP contribution in [-0.4, -0.2) is 47.6 Å². The van der Waals surface area contributed by atoms with E-state index in [-0.39, 0.29) is 18.9 Å². The molecule has 0 atom stereocenters. The second-order valence-corrected chi connectivity index (χ2v) is 4.91. The molecule has 0 aliphatic heterocycles. The SMILES string of the molecule is CC(C)CN(CC(=O)NCCC(=O)O)C(C)C. The number of carbonyl (C=O) groups is 2. The van der Waals surface area contributed by atoms with E-state index in [9.17, 15) is 9.59 Å². The third kappa shape index (κ3) is 8.68. The molecule has 100 valence electrons. The number of nitrogens with zero attached hydrogens (tertiary/aromatic N) is 1. The predicted octanol–water partition coefficient (Wildman–Crippen LogP) is 0.944. The highest BCUT2D eigenvalue weighted by Gasteiger charge is 2.15. The Morgan fingerprint density at radius 3 is 2.24 bits per heavy atom. The van der Waals surface area contributed by atoms with Crippen LogP contribution < -0.4 is 5.32 Å². The predicted molar refractivity (Wildman–Crippen MR) is 66.8 cm³/mol. The summed E-state index contributed by atoms with van der Waals surface area (Å²) in [5, 5.41) is 11.1. The van der Waals surface area contributed by atoms with Crippen LogP contribution >= 0.6 is 0 Å². The quantitative estimate of drug-likeness (QED) is 0.667. The fourth-order valence-corrected chi connectivity index (χ4v) is 1.48. The van der Waals surface area contributed by atoms with Gasteiger partial charge >= 0.3 is 5.97 Å². The average Bonchev–Trinajstić information content (AvgIpc) is 2.15. The molecule has 0 unspecified atom stereocenters. The van der Waals surface area contributed by atoms with E-state index in [2.05, 4.69) is 24.1 Å². The number of carboxylic acids is 1. The molecule has 0 saturated carbocycles. The largest absolute Gasteiger partial charge is 0.481 e. The molecule has 0 aliphatic rings. The van der Waals surface area contributed by atoms with Crippen LogP contribution in [0.1, 0.15) is 34.1 Å². The van der Waals surface area contributed by atoms with E-state index in [1.165, 1.54) is 0 Å². The Morgan fingerprint density at radius 2 is 1.82 bits per heavy atom. The number of carboxylic acid groups (broad SMARTS) is 1. The topological polar surface area (TPSA) is 69.6 Å². The molecule has 0 aliphatic carbocycles. The van der Waals surface area contributed by atoms with Gasteiger partial charge in [-0.25, -0.2) is 0 Å². The molecule has 1 amide bonds. The lowest BCUT2D eigenvalue weighted by Gasteiger charge is -2.27. The van der Waals surface area contributed by atoms with Gasteiger partial charge in [-0.3, -0.25) is 14.5 Å². The second-order valence-electron chi connectivity index (χ2n) is 4.91. The van der Waals surface area contributed by atoms with Gasteiger partial charge in [0.2, 0.25) is 5.91 Å². The maximum Gasteiger partial charge on any atom is 0.305 e. The first kappa shape index (κ1) is 15.9. The van der Waals surface area contributed by atoms with Crippen molar-refractivity contribution in [3.63, 3.8) is 0 Å². The summed E-state index contributed by atoms with van der Waals surface area (Å²) in [5.74, 6) is -0.502. The van der Waals surface area contributed by atoms with Crippen LogP contribution in [0.15, 0.2) is 0 Å². The van der Waals surface area contributed by atoms with E-state index in [1.54, 1.807) is 0 Å². The maximum absolute atomic E-state index is 11.6. The van der Waals surface area contributed by atoms with E-state index in [4.69, 9.17) is 5.11 Å². The van der Waals surface area contributed by atoms with E-state index >= 15 is 0 Å². The number of aliphatic carboxylic acids is 1. The molecule has 0 spiro atoms. The fourth-order valence-electron chi connectivity index (χ4n) is 1.48. The first-order valence-corrected chi connectivity index (χ1v) is 6.05. The van der Waals surface area contributed by atoms with Gasteiger partial charge in [-0.15, -0.1) is 0 Å². The van der Waals surface area contributed by atoms with Gasteiger partial charge in [0.15, 0.2) is 0 Å². The number of carbonyl (C=O) groups excluding carboxylic acids is 1. The third-order valence-electron chi connectivity index (χ3n) is 2.34. The molecule has 5 nitrogen and oxygen atoms in total.